The van der Waals surface area contributed by atoms with Crippen molar-refractivity contribution in [2.45, 2.75) is 88.9 Å². The van der Waals surface area contributed by atoms with Crippen molar-refractivity contribution in [3.63, 3.8) is 0 Å². The van der Waals surface area contributed by atoms with Gasteiger partial charge in [-0.25, -0.2) is 0 Å². The SMILES string of the molecule is Cc1ccc(S(=O)(=O)N=S2C(C34CC5CC(CC(C5)C3)C4)=C2C23CC4CC(CC(C4)C2)C3)cc1. The van der Waals surface area contributed by atoms with Crippen molar-refractivity contribution in [3.05, 3.63) is 39.6 Å². The third kappa shape index (κ3) is 3.04. The molecule has 1 aliphatic heterocycles. The Labute approximate surface area is 207 Å². The van der Waals surface area contributed by atoms with Crippen LogP contribution in [0, 0.1) is 53.3 Å². The van der Waals surface area contributed by atoms with Crippen molar-refractivity contribution in [1.82, 2.24) is 0 Å². The van der Waals surface area contributed by atoms with Crippen LogP contribution < -0.4 is 0 Å². The predicted octanol–water partition coefficient (Wildman–Crippen LogP) is 7.14. The van der Waals surface area contributed by atoms with Crippen LogP contribution in [-0.4, -0.2) is 8.42 Å². The zero-order chi connectivity index (χ0) is 22.9. The number of hydrogen-bond acceptors (Lipinski definition) is 2. The van der Waals surface area contributed by atoms with E-state index < -0.39 is 20.7 Å². The van der Waals surface area contributed by atoms with E-state index in [4.69, 9.17) is 3.77 Å². The molecule has 8 saturated carbocycles. The van der Waals surface area contributed by atoms with E-state index in [9.17, 15) is 8.42 Å². The number of aryl methyl sites for hydroxylation is 1. The lowest BCUT2D eigenvalue weighted by atomic mass is 9.47. The fraction of sp³-hybridized carbons (Fsp3) is 0.724. The van der Waals surface area contributed by atoms with E-state index in [-0.39, 0.29) is 0 Å². The van der Waals surface area contributed by atoms with Crippen molar-refractivity contribution in [3.8, 4) is 0 Å². The Morgan fingerprint density at radius 3 is 1.38 bits per heavy atom. The minimum Gasteiger partial charge on any atom is -0.199 e. The summed E-state index contributed by atoms with van der Waals surface area (Å²) in [6.45, 7) is 2.01. The van der Waals surface area contributed by atoms with Crippen LogP contribution in [0.4, 0.5) is 0 Å². The summed E-state index contributed by atoms with van der Waals surface area (Å²) in [7, 11) is -4.10. The molecule has 10 rings (SSSR count). The Hall–Kier alpha value is -0.940. The van der Waals surface area contributed by atoms with Gasteiger partial charge in [0, 0.05) is 20.6 Å². The fourth-order valence-electron chi connectivity index (χ4n) is 10.7. The summed E-state index contributed by atoms with van der Waals surface area (Å²) in [6, 6.07) is 7.34. The van der Waals surface area contributed by atoms with Crippen LogP contribution in [0.25, 0.3) is 0 Å². The maximum absolute atomic E-state index is 13.6. The van der Waals surface area contributed by atoms with Crippen LogP contribution >= 0.6 is 0 Å². The molecule has 34 heavy (non-hydrogen) atoms. The third-order valence-corrected chi connectivity index (χ3v) is 15.2. The molecule has 0 amide bonds. The van der Waals surface area contributed by atoms with Gasteiger partial charge in [0.25, 0.3) is 10.0 Å². The number of benzene rings is 1. The molecule has 0 saturated heterocycles. The first-order valence-electron chi connectivity index (χ1n) is 13.9. The summed E-state index contributed by atoms with van der Waals surface area (Å²) < 4.78 is 31.9. The van der Waals surface area contributed by atoms with E-state index in [2.05, 4.69) is 0 Å². The molecule has 3 nitrogen and oxygen atoms in total. The molecule has 0 spiro atoms. The highest BCUT2D eigenvalue weighted by atomic mass is 32.3. The first-order valence-corrected chi connectivity index (χ1v) is 16.5. The second-order valence-electron chi connectivity index (χ2n) is 13.7. The van der Waals surface area contributed by atoms with Crippen LogP contribution in [0.1, 0.15) is 82.6 Å². The highest BCUT2D eigenvalue weighted by Crippen LogP contribution is 2.73. The van der Waals surface area contributed by atoms with Gasteiger partial charge in [0.05, 0.1) is 4.90 Å². The Bertz CT molecular complexity index is 1110. The monoisotopic (exact) mass is 495 g/mol. The minimum absolute atomic E-state index is 0.294. The van der Waals surface area contributed by atoms with Gasteiger partial charge >= 0.3 is 0 Å². The second kappa shape index (κ2) is 6.88. The molecule has 0 unspecified atom stereocenters. The summed E-state index contributed by atoms with van der Waals surface area (Å²) in [6.07, 6.45) is 16.6. The molecule has 182 valence electrons. The van der Waals surface area contributed by atoms with Crippen LogP contribution in [-0.2, 0) is 20.7 Å². The second-order valence-corrected chi connectivity index (χ2v) is 17.1. The normalized spacial score (nSPS) is 48.0. The molecule has 0 atom stereocenters. The van der Waals surface area contributed by atoms with Gasteiger partial charge in [0.1, 0.15) is 0 Å². The van der Waals surface area contributed by atoms with Crippen LogP contribution in [0.15, 0.2) is 42.7 Å². The van der Waals surface area contributed by atoms with Crippen molar-refractivity contribution >= 4 is 20.7 Å². The molecule has 0 radical (unpaired) electrons. The number of hydrogen-bond donors (Lipinski definition) is 0. The van der Waals surface area contributed by atoms with E-state index in [0.717, 1.165) is 41.1 Å². The number of allylic oxidation sites excluding steroid dienone is 2. The highest BCUT2D eigenvalue weighted by Gasteiger charge is 2.64. The summed E-state index contributed by atoms with van der Waals surface area (Å²) in [5.74, 6) is 5.31. The number of rotatable bonds is 4. The van der Waals surface area contributed by atoms with Crippen molar-refractivity contribution < 1.29 is 8.42 Å². The van der Waals surface area contributed by atoms with Crippen LogP contribution in [0.5, 0.6) is 0 Å². The fourth-order valence-corrected chi connectivity index (χ4v) is 15.1. The van der Waals surface area contributed by atoms with Gasteiger partial charge in [-0.3, -0.25) is 0 Å². The van der Waals surface area contributed by atoms with Gasteiger partial charge in [-0.1, -0.05) is 17.7 Å². The zero-order valence-corrected chi connectivity index (χ0v) is 22.0. The average Bonchev–Trinajstić information content (AvgIpc) is 3.47. The molecule has 1 aromatic rings. The lowest BCUT2D eigenvalue weighted by molar-refractivity contribution is -0.0337. The van der Waals surface area contributed by atoms with E-state index in [0.29, 0.717) is 15.7 Å². The first kappa shape index (κ1) is 21.2. The van der Waals surface area contributed by atoms with Gasteiger partial charge < -0.3 is 0 Å². The summed E-state index contributed by atoms with van der Waals surface area (Å²) in [5, 5.41) is 0. The number of sulfonamides is 1. The lowest BCUT2D eigenvalue weighted by Crippen LogP contribution is -2.47. The quantitative estimate of drug-likeness (QED) is 0.445. The van der Waals surface area contributed by atoms with Crippen molar-refractivity contribution in [2.24, 2.45) is 50.1 Å². The molecule has 0 N–H and O–H groups in total. The predicted molar refractivity (Wildman–Crippen MR) is 136 cm³/mol. The van der Waals surface area contributed by atoms with Gasteiger partial charge in [-0.2, -0.15) is 8.42 Å². The smallest absolute Gasteiger partial charge is 0.199 e. The molecular formula is C29H37NO2S2. The molecule has 1 aromatic carbocycles. The van der Waals surface area contributed by atoms with Gasteiger partial charge in [0.2, 0.25) is 0 Å². The van der Waals surface area contributed by atoms with Gasteiger partial charge in [-0.05, 0) is 142 Å². The average molecular weight is 496 g/mol. The molecule has 8 aliphatic carbocycles. The lowest BCUT2D eigenvalue weighted by Gasteiger charge is -2.57. The van der Waals surface area contributed by atoms with Crippen molar-refractivity contribution in [2.75, 3.05) is 0 Å². The first-order chi connectivity index (χ1) is 16.3. The Morgan fingerprint density at radius 1 is 0.676 bits per heavy atom. The number of nitrogens with zero attached hydrogens (tertiary/aromatic N) is 1. The van der Waals surface area contributed by atoms with Gasteiger partial charge in [-0.15, -0.1) is 3.77 Å². The van der Waals surface area contributed by atoms with E-state index in [1.54, 1.807) is 21.9 Å². The van der Waals surface area contributed by atoms with Crippen LogP contribution in [0.2, 0.25) is 0 Å². The molecule has 9 aliphatic rings. The Morgan fingerprint density at radius 2 is 1.03 bits per heavy atom. The highest BCUT2D eigenvalue weighted by molar-refractivity contribution is 8.08. The maximum atomic E-state index is 13.6. The topological polar surface area (TPSA) is 46.5 Å². The maximum Gasteiger partial charge on any atom is 0.288 e. The van der Waals surface area contributed by atoms with E-state index >= 15 is 0 Å². The summed E-state index contributed by atoms with van der Waals surface area (Å²) in [4.78, 5) is 3.56. The molecule has 8 bridgehead atoms. The van der Waals surface area contributed by atoms with Crippen molar-refractivity contribution in [1.29, 1.82) is 0 Å². The van der Waals surface area contributed by atoms with E-state index in [1.165, 1.54) is 77.0 Å². The summed E-state index contributed by atoms with van der Waals surface area (Å²) >= 11 is 0. The van der Waals surface area contributed by atoms with Gasteiger partial charge in [0.15, 0.2) is 0 Å². The standard InChI is InChI=1S/C29H37NO2S2/c1-18-2-4-25(5-3-18)34(31,32)30-33-26(28-12-19-6-20(13-28)8-21(7-19)14-28)27(33)29-15-22-9-23(16-29)11-24(10-22)17-29/h2-5,19-24H,6-17H2,1H3. The molecule has 0 aromatic heterocycles. The molecule has 5 heteroatoms. The Balaban J connectivity index is 1.24. The Kier molecular flexibility index (Phi) is 4.28. The van der Waals surface area contributed by atoms with E-state index in [1.807, 2.05) is 19.1 Å². The zero-order valence-electron chi connectivity index (χ0n) is 20.3. The molecular weight excluding hydrogens is 458 g/mol. The summed E-state index contributed by atoms with van der Waals surface area (Å²) in [5.41, 5.74) is 1.68. The minimum atomic E-state index is -3.63. The largest absolute Gasteiger partial charge is 0.288 e. The molecule has 8 fully saturated rings. The van der Waals surface area contributed by atoms with Crippen LogP contribution in [0.3, 0.4) is 0 Å². The third-order valence-electron chi connectivity index (χ3n) is 11.1. The molecule has 1 heterocycles.